The highest BCUT2D eigenvalue weighted by molar-refractivity contribution is 15.0. The Balaban J connectivity index is 0.000000921. The van der Waals surface area contributed by atoms with Gasteiger partial charge in [0.25, 0.3) is 11.7 Å². The van der Waals surface area contributed by atoms with Crippen LogP contribution in [0.2, 0.25) is 0 Å². The highest BCUT2D eigenvalue weighted by atomic mass is 128. The Kier molecular flexibility index (Phi) is 9.11. The lowest BCUT2D eigenvalue weighted by Gasteiger charge is -1.99. The lowest BCUT2D eigenvalue weighted by atomic mass is 10.0. The van der Waals surface area contributed by atoms with E-state index in [1.54, 1.807) is 0 Å². The van der Waals surface area contributed by atoms with Gasteiger partial charge in [-0.1, -0.05) is 26.0 Å². The van der Waals surface area contributed by atoms with Crippen LogP contribution in [0.5, 0.6) is 0 Å². The molecule has 0 aliphatic heterocycles. The first kappa shape index (κ1) is 20.4. The number of carbonyl (C=O) groups is 2. The molecule has 2 rings (SSSR count). The van der Waals surface area contributed by atoms with E-state index in [9.17, 15) is 9.59 Å². The van der Waals surface area contributed by atoms with E-state index in [1.807, 2.05) is 57.5 Å². The Hall–Kier alpha value is -0.640. The highest BCUT2D eigenvalue weighted by Crippen LogP contribution is 2.28. The van der Waals surface area contributed by atoms with Crippen molar-refractivity contribution in [3.8, 4) is 0 Å². The summed E-state index contributed by atoms with van der Waals surface area (Å²) in [6.45, 7) is 7.73. The third-order valence-electron chi connectivity index (χ3n) is 3.18. The van der Waals surface area contributed by atoms with Gasteiger partial charge in [-0.2, -0.15) is 0 Å². The van der Waals surface area contributed by atoms with Gasteiger partial charge in [-0.05, 0) is 25.5 Å². The van der Waals surface area contributed by atoms with Crippen LogP contribution in [0.3, 0.4) is 0 Å². The number of nitrogens with two attached hydrogens (primary N) is 1. The maximum atomic E-state index is 11.9. The zero-order valence-electron chi connectivity index (χ0n) is 12.8. The largest absolute Gasteiger partial charge is 0.363 e. The molecule has 0 radical (unpaired) electrons. The second kappa shape index (κ2) is 9.39. The molecule has 4 nitrogen and oxygen atoms in total. The molecule has 0 aliphatic rings. The van der Waals surface area contributed by atoms with Crippen LogP contribution in [-0.4, -0.2) is 16.3 Å². The molecule has 0 spiro atoms. The van der Waals surface area contributed by atoms with Crippen LogP contribution in [0, 0.1) is 13.8 Å². The molecule has 0 saturated heterocycles. The van der Waals surface area contributed by atoms with E-state index in [1.165, 1.54) is 0 Å². The van der Waals surface area contributed by atoms with Crippen molar-refractivity contribution in [2.24, 2.45) is 12.8 Å². The molecule has 1 aromatic carbocycles. The van der Waals surface area contributed by atoms with Crippen LogP contribution >= 0.6 is 37.2 Å². The van der Waals surface area contributed by atoms with Gasteiger partial charge < -0.3 is 10.3 Å². The molecule has 0 aliphatic carbocycles. The van der Waals surface area contributed by atoms with Gasteiger partial charge in [0.2, 0.25) is 0 Å². The van der Waals surface area contributed by atoms with Crippen molar-refractivity contribution in [2.75, 3.05) is 0 Å². The summed E-state index contributed by atoms with van der Waals surface area (Å²) in [5, 5.41) is 0.816. The van der Waals surface area contributed by atoms with E-state index in [-0.39, 0.29) is 0 Å². The first-order valence-corrected chi connectivity index (χ1v) is 12.8. The number of aryl methyl sites for hydroxylation is 2. The number of rotatable bonds is 2. The molecule has 116 valence electrons. The van der Waals surface area contributed by atoms with Crippen molar-refractivity contribution >= 4 is 59.8 Å². The van der Waals surface area contributed by atoms with Crippen LogP contribution in [-0.2, 0) is 11.8 Å². The Morgan fingerprint density at radius 3 is 2.14 bits per heavy atom. The molecule has 1 aromatic heterocycles. The first-order valence-electron chi connectivity index (χ1n) is 6.48. The standard InChI is InChI=1S/C13H14N2O2.C2H6.I2/c1-7-5-4-6-9-10(7)11(8(2)15(9)3)12(16)13(14)17;2*1-2/h4-6H,1-3H3,(H2,14,17);1-2H3;. The van der Waals surface area contributed by atoms with Gasteiger partial charge in [0.05, 0.1) is 5.56 Å². The average molecular weight is 514 g/mol. The normalized spacial score (nSPS) is 9.29. The lowest BCUT2D eigenvalue weighted by Crippen LogP contribution is -2.23. The van der Waals surface area contributed by atoms with Crippen LogP contribution in [0.1, 0.15) is 35.5 Å². The summed E-state index contributed by atoms with van der Waals surface area (Å²) in [6.07, 6.45) is 0. The van der Waals surface area contributed by atoms with E-state index in [0.29, 0.717) is 5.56 Å². The predicted molar refractivity (Wildman–Crippen MR) is 105 cm³/mol. The number of primary amides is 1. The second-order valence-corrected chi connectivity index (χ2v) is 4.18. The maximum Gasteiger partial charge on any atom is 0.289 e. The summed E-state index contributed by atoms with van der Waals surface area (Å²) >= 11 is 4.24. The lowest BCUT2D eigenvalue weighted by molar-refractivity contribution is -0.114. The number of carbonyl (C=O) groups excluding carboxylic acids is 2. The predicted octanol–water partition coefficient (Wildman–Crippen LogP) is 4.26. The van der Waals surface area contributed by atoms with Gasteiger partial charge >= 0.3 is 0 Å². The SMILES string of the molecule is CC.Cc1cccc2c1c(C(=O)C(N)=O)c(C)n2C.II. The zero-order chi connectivity index (χ0) is 16.7. The van der Waals surface area contributed by atoms with E-state index >= 15 is 0 Å². The second-order valence-electron chi connectivity index (χ2n) is 4.18. The van der Waals surface area contributed by atoms with Crippen molar-refractivity contribution in [3.63, 3.8) is 0 Å². The number of halogens is 2. The van der Waals surface area contributed by atoms with Gasteiger partial charge in [-0.25, -0.2) is 0 Å². The molecule has 6 heteroatoms. The molecule has 0 saturated carbocycles. The Morgan fingerprint density at radius 2 is 1.67 bits per heavy atom. The first-order chi connectivity index (χ1) is 9.95. The highest BCUT2D eigenvalue weighted by Gasteiger charge is 2.22. The topological polar surface area (TPSA) is 65.1 Å². The van der Waals surface area contributed by atoms with Gasteiger partial charge in [-0.3, -0.25) is 9.59 Å². The number of ketones is 1. The summed E-state index contributed by atoms with van der Waals surface area (Å²) in [4.78, 5) is 22.9. The fraction of sp³-hybridized carbons (Fsp3) is 0.333. The number of Topliss-reactive ketones (excluding diaryl/α,β-unsaturated/α-hetero) is 1. The van der Waals surface area contributed by atoms with Crippen LogP contribution in [0.15, 0.2) is 18.2 Å². The van der Waals surface area contributed by atoms with E-state index in [4.69, 9.17) is 5.73 Å². The molecule has 21 heavy (non-hydrogen) atoms. The number of hydrogen-bond acceptors (Lipinski definition) is 2. The molecule has 0 fully saturated rings. The third kappa shape index (κ3) is 4.18. The zero-order valence-corrected chi connectivity index (χ0v) is 17.1. The van der Waals surface area contributed by atoms with Gasteiger partial charge in [0.1, 0.15) is 0 Å². The maximum absolute atomic E-state index is 11.9. The van der Waals surface area contributed by atoms with Gasteiger partial charge in [0, 0.05) is 60.9 Å². The summed E-state index contributed by atoms with van der Waals surface area (Å²) in [5.74, 6) is -1.54. The minimum Gasteiger partial charge on any atom is -0.363 e. The van der Waals surface area contributed by atoms with Crippen molar-refractivity contribution in [1.29, 1.82) is 0 Å². The minimum absolute atomic E-state index is 0.424. The van der Waals surface area contributed by atoms with Crippen molar-refractivity contribution in [3.05, 3.63) is 35.0 Å². The summed E-state index contributed by atoms with van der Waals surface area (Å²) < 4.78 is 1.90. The number of fused-ring (bicyclic) bond motifs is 1. The van der Waals surface area contributed by atoms with Crippen molar-refractivity contribution in [1.82, 2.24) is 4.57 Å². The molecule has 0 unspecified atom stereocenters. The van der Waals surface area contributed by atoms with Gasteiger partial charge in [0.15, 0.2) is 0 Å². The fourth-order valence-electron chi connectivity index (χ4n) is 2.19. The van der Waals surface area contributed by atoms with E-state index in [2.05, 4.69) is 37.2 Å². The number of nitrogens with zero attached hydrogens (tertiary/aromatic N) is 1. The molecule has 1 amide bonds. The molecule has 2 aromatic rings. The molecular formula is C15H20I2N2O2. The summed E-state index contributed by atoms with van der Waals surface area (Å²) in [7, 11) is 1.87. The molecule has 0 bridgehead atoms. The average Bonchev–Trinajstić information content (AvgIpc) is 2.76. The molecule has 0 atom stereocenters. The number of amides is 1. The number of aromatic nitrogens is 1. The number of hydrogen-bond donors (Lipinski definition) is 1. The van der Waals surface area contributed by atoms with Crippen molar-refractivity contribution in [2.45, 2.75) is 27.7 Å². The smallest absolute Gasteiger partial charge is 0.289 e. The Morgan fingerprint density at radius 1 is 1.14 bits per heavy atom. The van der Waals surface area contributed by atoms with Crippen LogP contribution in [0.25, 0.3) is 10.9 Å². The third-order valence-corrected chi connectivity index (χ3v) is 3.18. The van der Waals surface area contributed by atoms with Crippen LogP contribution in [0.4, 0.5) is 0 Å². The molecule has 1 heterocycles. The molecule has 2 N–H and O–H groups in total. The minimum atomic E-state index is -0.913. The van der Waals surface area contributed by atoms with Crippen molar-refractivity contribution < 1.29 is 9.59 Å². The van der Waals surface area contributed by atoms with Crippen LogP contribution < -0.4 is 5.73 Å². The fourth-order valence-corrected chi connectivity index (χ4v) is 2.19. The quantitative estimate of drug-likeness (QED) is 0.370. The van der Waals surface area contributed by atoms with Gasteiger partial charge in [-0.15, -0.1) is 0 Å². The van der Waals surface area contributed by atoms with E-state index < -0.39 is 11.7 Å². The number of benzene rings is 1. The monoisotopic (exact) mass is 514 g/mol. The summed E-state index contributed by atoms with van der Waals surface area (Å²) in [6, 6.07) is 5.77. The molecular weight excluding hydrogens is 494 g/mol. The summed E-state index contributed by atoms with van der Waals surface area (Å²) in [5.41, 5.74) is 8.18. The Bertz CT molecular complexity index is 649. The van der Waals surface area contributed by atoms with E-state index in [0.717, 1.165) is 22.2 Å². The Labute approximate surface area is 148 Å².